The molecule has 0 spiro atoms. The number of hydrogen-bond donors (Lipinski definition) is 1. The van der Waals surface area contributed by atoms with Crippen LogP contribution in [0.25, 0.3) is 11.1 Å². The van der Waals surface area contributed by atoms with E-state index in [1.165, 1.54) is 5.56 Å². The highest BCUT2D eigenvalue weighted by Crippen LogP contribution is 2.36. The molecule has 0 atom stereocenters. The van der Waals surface area contributed by atoms with Crippen LogP contribution in [0.3, 0.4) is 0 Å². The summed E-state index contributed by atoms with van der Waals surface area (Å²) in [6.07, 6.45) is 2.11. The van der Waals surface area contributed by atoms with Gasteiger partial charge in [-0.2, -0.15) is 0 Å². The first-order valence-electron chi connectivity index (χ1n) is 6.53. The van der Waals surface area contributed by atoms with Crippen molar-refractivity contribution in [2.45, 2.75) is 20.3 Å². The van der Waals surface area contributed by atoms with Gasteiger partial charge in [0, 0.05) is 29.1 Å². The fourth-order valence-corrected chi connectivity index (χ4v) is 2.49. The zero-order valence-corrected chi connectivity index (χ0v) is 11.8. The molecule has 0 saturated heterocycles. The Kier molecular flexibility index (Phi) is 2.93. The highest BCUT2D eigenvalue weighted by atomic mass is 16.5. The van der Waals surface area contributed by atoms with E-state index in [4.69, 9.17) is 4.74 Å². The van der Waals surface area contributed by atoms with Crippen molar-refractivity contribution in [3.8, 4) is 17.0 Å². The van der Waals surface area contributed by atoms with E-state index in [0.29, 0.717) is 12.3 Å². The first-order chi connectivity index (χ1) is 9.58. The van der Waals surface area contributed by atoms with E-state index < -0.39 is 0 Å². The number of rotatable bonds is 1. The SMILES string of the molecule is COc1cc2c(cn1)-c1cc(C)c(C)cc1NC(=O)C2. The van der Waals surface area contributed by atoms with Gasteiger partial charge in [0.2, 0.25) is 11.8 Å². The van der Waals surface area contributed by atoms with Crippen molar-refractivity contribution in [3.63, 3.8) is 0 Å². The Morgan fingerprint density at radius 1 is 1.15 bits per heavy atom. The zero-order valence-electron chi connectivity index (χ0n) is 11.8. The number of aromatic nitrogens is 1. The van der Waals surface area contributed by atoms with Gasteiger partial charge in [-0.25, -0.2) is 4.98 Å². The molecule has 0 unspecified atom stereocenters. The lowest BCUT2D eigenvalue weighted by Crippen LogP contribution is -2.12. The van der Waals surface area contributed by atoms with E-state index in [9.17, 15) is 4.79 Å². The maximum atomic E-state index is 12.0. The molecule has 0 fully saturated rings. The third kappa shape index (κ3) is 2.03. The topological polar surface area (TPSA) is 51.2 Å². The Hall–Kier alpha value is -2.36. The van der Waals surface area contributed by atoms with Gasteiger partial charge >= 0.3 is 0 Å². The molecule has 1 aromatic carbocycles. The minimum atomic E-state index is -0.0125. The molecule has 1 aromatic heterocycles. The molecule has 1 N–H and O–H groups in total. The molecule has 0 bridgehead atoms. The quantitative estimate of drug-likeness (QED) is 0.865. The van der Waals surface area contributed by atoms with Crippen molar-refractivity contribution >= 4 is 11.6 Å². The van der Waals surface area contributed by atoms with Gasteiger partial charge in [0.05, 0.1) is 13.5 Å². The Morgan fingerprint density at radius 2 is 1.90 bits per heavy atom. The molecule has 20 heavy (non-hydrogen) atoms. The number of aryl methyl sites for hydroxylation is 2. The Bertz CT molecular complexity index is 708. The number of benzene rings is 1. The molecule has 3 rings (SSSR count). The number of pyridine rings is 1. The van der Waals surface area contributed by atoms with E-state index >= 15 is 0 Å². The third-order valence-corrected chi connectivity index (χ3v) is 3.72. The molecule has 4 nitrogen and oxygen atoms in total. The number of nitrogens with one attached hydrogen (secondary N) is 1. The molecule has 4 heteroatoms. The summed E-state index contributed by atoms with van der Waals surface area (Å²) < 4.78 is 5.14. The van der Waals surface area contributed by atoms with Crippen LogP contribution in [0.5, 0.6) is 5.88 Å². The number of nitrogens with zero attached hydrogens (tertiary/aromatic N) is 1. The summed E-state index contributed by atoms with van der Waals surface area (Å²) in [6, 6.07) is 5.95. The lowest BCUT2D eigenvalue weighted by Gasteiger charge is -2.12. The van der Waals surface area contributed by atoms with Gasteiger partial charge < -0.3 is 10.1 Å². The first-order valence-corrected chi connectivity index (χ1v) is 6.53. The van der Waals surface area contributed by atoms with Crippen molar-refractivity contribution in [1.29, 1.82) is 0 Å². The fraction of sp³-hybridized carbons (Fsp3) is 0.250. The molecule has 2 aromatic rings. The highest BCUT2D eigenvalue weighted by molar-refractivity contribution is 6.00. The predicted molar refractivity (Wildman–Crippen MR) is 78.0 cm³/mol. The van der Waals surface area contributed by atoms with Crippen molar-refractivity contribution in [1.82, 2.24) is 4.98 Å². The maximum Gasteiger partial charge on any atom is 0.228 e. The maximum absolute atomic E-state index is 12.0. The van der Waals surface area contributed by atoms with E-state index in [0.717, 1.165) is 27.9 Å². The minimum absolute atomic E-state index is 0.0125. The molecule has 2 heterocycles. The van der Waals surface area contributed by atoms with Gasteiger partial charge in [0.15, 0.2) is 0 Å². The zero-order chi connectivity index (χ0) is 14.3. The van der Waals surface area contributed by atoms with E-state index in [1.807, 2.05) is 19.1 Å². The van der Waals surface area contributed by atoms with Gasteiger partial charge in [-0.1, -0.05) is 0 Å². The summed E-state index contributed by atoms with van der Waals surface area (Å²) in [5.74, 6) is 0.519. The Morgan fingerprint density at radius 3 is 2.65 bits per heavy atom. The van der Waals surface area contributed by atoms with Crippen LogP contribution in [-0.4, -0.2) is 18.0 Å². The summed E-state index contributed by atoms with van der Waals surface area (Å²) in [4.78, 5) is 16.3. The lowest BCUT2D eigenvalue weighted by atomic mass is 9.96. The molecule has 1 aliphatic heterocycles. The Balaban J connectivity index is 2.26. The smallest absolute Gasteiger partial charge is 0.228 e. The van der Waals surface area contributed by atoms with Gasteiger partial charge in [0.1, 0.15) is 0 Å². The van der Waals surface area contributed by atoms with Crippen molar-refractivity contribution in [2.24, 2.45) is 0 Å². The van der Waals surface area contributed by atoms with Gasteiger partial charge in [-0.05, 0) is 42.7 Å². The van der Waals surface area contributed by atoms with Crippen LogP contribution >= 0.6 is 0 Å². The first kappa shape index (κ1) is 12.7. The van der Waals surface area contributed by atoms with Gasteiger partial charge in [-0.15, -0.1) is 0 Å². The third-order valence-electron chi connectivity index (χ3n) is 3.72. The molecule has 0 aliphatic carbocycles. The molecular formula is C16H16N2O2. The van der Waals surface area contributed by atoms with E-state index in [2.05, 4.69) is 23.3 Å². The van der Waals surface area contributed by atoms with Crippen LogP contribution in [0.1, 0.15) is 16.7 Å². The summed E-state index contributed by atoms with van der Waals surface area (Å²) >= 11 is 0. The van der Waals surface area contributed by atoms with Crippen molar-refractivity contribution < 1.29 is 9.53 Å². The standard InChI is InChI=1S/C16H16N2O2/c1-9-4-12-13-8-17-16(20-3)7-11(13)6-15(19)18-14(12)5-10(9)2/h4-5,7-8H,6H2,1-3H3,(H,18,19). The van der Waals surface area contributed by atoms with Crippen LogP contribution in [-0.2, 0) is 11.2 Å². The summed E-state index contributed by atoms with van der Waals surface area (Å²) in [6.45, 7) is 4.11. The van der Waals surface area contributed by atoms with Crippen molar-refractivity contribution in [2.75, 3.05) is 12.4 Å². The largest absolute Gasteiger partial charge is 0.481 e. The molecule has 0 saturated carbocycles. The molecular weight excluding hydrogens is 252 g/mol. The van der Waals surface area contributed by atoms with Crippen molar-refractivity contribution in [3.05, 3.63) is 41.1 Å². The van der Waals surface area contributed by atoms with Crippen LogP contribution in [0.2, 0.25) is 0 Å². The second-order valence-corrected chi connectivity index (χ2v) is 5.09. The van der Waals surface area contributed by atoms with Crippen LogP contribution in [0, 0.1) is 13.8 Å². The van der Waals surface area contributed by atoms with Gasteiger partial charge in [-0.3, -0.25) is 4.79 Å². The normalized spacial score (nSPS) is 13.1. The lowest BCUT2D eigenvalue weighted by molar-refractivity contribution is -0.115. The number of fused-ring (bicyclic) bond motifs is 3. The molecule has 1 amide bonds. The minimum Gasteiger partial charge on any atom is -0.481 e. The van der Waals surface area contributed by atoms with Crippen LogP contribution in [0.15, 0.2) is 24.4 Å². The number of ether oxygens (including phenoxy) is 1. The number of amides is 1. The second kappa shape index (κ2) is 4.63. The number of carbonyl (C=O) groups excluding carboxylic acids is 1. The number of methoxy groups -OCH3 is 1. The second-order valence-electron chi connectivity index (χ2n) is 5.09. The highest BCUT2D eigenvalue weighted by Gasteiger charge is 2.20. The predicted octanol–water partition coefficient (Wildman–Crippen LogP) is 2.87. The number of anilines is 1. The summed E-state index contributed by atoms with van der Waals surface area (Å²) in [5, 5.41) is 2.97. The van der Waals surface area contributed by atoms with E-state index in [1.54, 1.807) is 13.3 Å². The van der Waals surface area contributed by atoms with Crippen LogP contribution in [0.4, 0.5) is 5.69 Å². The number of hydrogen-bond acceptors (Lipinski definition) is 3. The van der Waals surface area contributed by atoms with E-state index in [-0.39, 0.29) is 5.91 Å². The van der Waals surface area contributed by atoms with Crippen LogP contribution < -0.4 is 10.1 Å². The fourth-order valence-electron chi connectivity index (χ4n) is 2.49. The average Bonchev–Trinajstić information content (AvgIpc) is 2.54. The molecule has 0 radical (unpaired) electrons. The molecule has 102 valence electrons. The number of carbonyl (C=O) groups is 1. The van der Waals surface area contributed by atoms with Gasteiger partial charge in [0.25, 0.3) is 0 Å². The summed E-state index contributed by atoms with van der Waals surface area (Å²) in [7, 11) is 1.58. The average molecular weight is 268 g/mol. The monoisotopic (exact) mass is 268 g/mol. The summed E-state index contributed by atoms with van der Waals surface area (Å²) in [5.41, 5.74) is 6.15. The molecule has 1 aliphatic rings. The Labute approximate surface area is 117 Å².